The highest BCUT2D eigenvalue weighted by Gasteiger charge is 2.32. The average molecular weight is 1160 g/mol. The Labute approximate surface area is 484 Å². The first-order chi connectivity index (χ1) is 39.9. The minimum absolute atomic E-state index is 0.0158. The zero-order valence-corrected chi connectivity index (χ0v) is 46.7. The van der Waals surface area contributed by atoms with Gasteiger partial charge in [-0.25, -0.2) is 9.59 Å². The maximum Gasteiger partial charge on any atom is 0.573 e. The summed E-state index contributed by atoms with van der Waals surface area (Å²) < 4.78 is 42.2. The number of aliphatic hydroxyl groups is 1. The van der Waals surface area contributed by atoms with Crippen molar-refractivity contribution in [3.8, 4) is 5.75 Å². The van der Waals surface area contributed by atoms with E-state index in [0.717, 1.165) is 59.1 Å². The Kier molecular flexibility index (Phi) is 22.7. The maximum atomic E-state index is 13.6. The van der Waals surface area contributed by atoms with E-state index in [1.165, 1.54) is 60.3 Å². The minimum atomic E-state index is -4.94. The Morgan fingerprint density at radius 3 is 1.64 bits per heavy atom. The van der Waals surface area contributed by atoms with Crippen molar-refractivity contribution in [2.45, 2.75) is 108 Å². The largest absolute Gasteiger partial charge is 0.573 e. The first kappa shape index (κ1) is 62.0. The summed E-state index contributed by atoms with van der Waals surface area (Å²) in [6.45, 7) is -0.294. The van der Waals surface area contributed by atoms with Crippen LogP contribution in [-0.2, 0) is 29.3 Å². The lowest BCUT2D eigenvalue weighted by Gasteiger charge is -2.26. The number of carbonyl (C=O) groups is 6. The van der Waals surface area contributed by atoms with Gasteiger partial charge in [-0.15, -0.1) is 24.9 Å². The van der Waals surface area contributed by atoms with Gasteiger partial charge in [0, 0.05) is 57.4 Å². The van der Waals surface area contributed by atoms with Crippen molar-refractivity contribution in [3.05, 3.63) is 185 Å². The summed E-state index contributed by atoms with van der Waals surface area (Å²) in [5.41, 5.74) is 7.98. The number of aliphatic carboxylic acids is 2. The molecule has 436 valence electrons. The number of amides is 6. The predicted molar refractivity (Wildman–Crippen MR) is 315 cm³/mol. The number of alkyl halides is 3. The smallest absolute Gasteiger partial charge is 0.481 e. The van der Waals surface area contributed by atoms with Crippen LogP contribution in [0.5, 0.6) is 5.75 Å². The minimum Gasteiger partial charge on any atom is -0.481 e. The molecule has 16 nitrogen and oxygen atoms in total. The SMILES string of the molecule is CSc1cccc(NC(=O)N(Cc2ccc(C(=O)NCCC(=O)O)cc2)c2ccc(C3CCCCC3)cc2)c1.O=C(O)CCNC(=O)c1ccc(CN(C(=O)Nc2ccc(OC(F)(F)F)c(CO)c2)c2ccc(C3=CCCCC3)cc2)cc1. The molecule has 2 aliphatic rings. The molecule has 0 saturated heterocycles. The number of rotatable bonds is 21. The van der Waals surface area contributed by atoms with E-state index in [-0.39, 0.29) is 55.7 Å². The summed E-state index contributed by atoms with van der Waals surface area (Å²) >= 11 is 1.62. The van der Waals surface area contributed by atoms with Gasteiger partial charge in [0.2, 0.25) is 0 Å². The highest BCUT2D eigenvalue weighted by atomic mass is 32.2. The lowest BCUT2D eigenvalue weighted by atomic mass is 9.84. The van der Waals surface area contributed by atoms with Gasteiger partial charge >= 0.3 is 30.4 Å². The van der Waals surface area contributed by atoms with Crippen molar-refractivity contribution in [1.82, 2.24) is 10.6 Å². The second-order valence-electron chi connectivity index (χ2n) is 19.9. The maximum absolute atomic E-state index is 13.6. The molecule has 0 spiro atoms. The average Bonchev–Trinajstić information content (AvgIpc) is 3.55. The number of hydrogen-bond donors (Lipinski definition) is 7. The number of benzene rings is 6. The van der Waals surface area contributed by atoms with Crippen molar-refractivity contribution in [3.63, 3.8) is 0 Å². The number of carboxylic acids is 2. The third-order valence-corrected chi connectivity index (χ3v) is 14.7. The second-order valence-corrected chi connectivity index (χ2v) is 20.8. The Hall–Kier alpha value is -8.62. The second kappa shape index (κ2) is 30.4. The molecule has 2 aliphatic carbocycles. The van der Waals surface area contributed by atoms with E-state index in [1.807, 2.05) is 79.1 Å². The van der Waals surface area contributed by atoms with Crippen LogP contribution in [-0.4, -0.2) is 76.8 Å². The molecule has 8 rings (SSSR count). The Bertz CT molecular complexity index is 3210. The fourth-order valence-corrected chi connectivity index (χ4v) is 10.1. The lowest BCUT2D eigenvalue weighted by Crippen LogP contribution is -2.34. The molecule has 83 heavy (non-hydrogen) atoms. The van der Waals surface area contributed by atoms with E-state index >= 15 is 0 Å². The van der Waals surface area contributed by atoms with Gasteiger partial charge in [0.05, 0.1) is 32.5 Å². The molecule has 0 atom stereocenters. The molecule has 6 aromatic rings. The van der Waals surface area contributed by atoms with Gasteiger partial charge in [0.1, 0.15) is 5.75 Å². The molecule has 20 heteroatoms. The third-order valence-electron chi connectivity index (χ3n) is 14.0. The molecule has 1 fully saturated rings. The van der Waals surface area contributed by atoms with Crippen LogP contribution in [0.1, 0.15) is 125 Å². The molecule has 0 aromatic heterocycles. The Balaban J connectivity index is 0.000000240. The summed E-state index contributed by atoms with van der Waals surface area (Å²) in [5, 5.41) is 38.0. The Morgan fingerprint density at radius 1 is 0.627 bits per heavy atom. The quantitative estimate of drug-likeness (QED) is 0.0335. The molecule has 0 aliphatic heterocycles. The van der Waals surface area contributed by atoms with E-state index < -0.39 is 42.6 Å². The summed E-state index contributed by atoms with van der Waals surface area (Å²) in [6, 6.07) is 39.7. The summed E-state index contributed by atoms with van der Waals surface area (Å²) in [6.07, 6.45) is 9.45. The standard InChI is InChI=1S/C32H32F3N3O6.C31H35N3O4S/c33-32(34,35)44-28-15-12-26(18-25(28)20-39)37-31(43)38(27-13-10-23(11-14-27)22-4-2-1-3-5-22)19-21-6-8-24(9-7-21)30(42)36-17-16-29(40)41;1-39-28-9-5-8-26(20-28)33-31(38)34(27-16-14-24(15-17-27)23-6-3-2-4-7-23)21-22-10-12-25(13-11-22)30(37)32-19-18-29(35)36/h4,6-15,18,39H,1-3,5,16-17,19-20H2,(H,36,42)(H,37,43)(H,40,41);5,8-17,20,23H,2-4,6-7,18-19,21H2,1H3,(H,32,37)(H,33,38)(H,35,36). The molecule has 0 heterocycles. The van der Waals surface area contributed by atoms with E-state index in [4.69, 9.17) is 10.2 Å². The first-order valence-electron chi connectivity index (χ1n) is 27.3. The van der Waals surface area contributed by atoms with E-state index in [0.29, 0.717) is 34.8 Å². The summed E-state index contributed by atoms with van der Waals surface area (Å²) in [7, 11) is 0. The van der Waals surface area contributed by atoms with Crippen molar-refractivity contribution < 1.29 is 62.0 Å². The number of carbonyl (C=O) groups excluding carboxylic acids is 4. The molecule has 1 saturated carbocycles. The van der Waals surface area contributed by atoms with Crippen LogP contribution in [0.15, 0.2) is 150 Å². The highest BCUT2D eigenvalue weighted by Crippen LogP contribution is 2.35. The number of nitrogens with one attached hydrogen (secondary N) is 4. The molecule has 0 unspecified atom stereocenters. The van der Waals surface area contributed by atoms with Gasteiger partial charge in [0.15, 0.2) is 0 Å². The number of nitrogens with zero attached hydrogens (tertiary/aromatic N) is 2. The number of thioether (sulfide) groups is 1. The van der Waals surface area contributed by atoms with Crippen LogP contribution in [0.25, 0.3) is 5.57 Å². The zero-order valence-electron chi connectivity index (χ0n) is 45.9. The number of ether oxygens (including phenoxy) is 1. The van der Waals surface area contributed by atoms with Crippen LogP contribution >= 0.6 is 11.8 Å². The van der Waals surface area contributed by atoms with Crippen molar-refractivity contribution >= 4 is 75.9 Å². The van der Waals surface area contributed by atoms with E-state index in [9.17, 15) is 47.0 Å². The molecule has 0 bridgehead atoms. The van der Waals surface area contributed by atoms with Crippen molar-refractivity contribution in [2.75, 3.05) is 39.8 Å². The Morgan fingerprint density at radius 2 is 1.16 bits per heavy atom. The first-order valence-corrected chi connectivity index (χ1v) is 28.6. The van der Waals surface area contributed by atoms with Gasteiger partial charge in [-0.2, -0.15) is 0 Å². The number of allylic oxidation sites excluding steroid dienone is 2. The number of urea groups is 2. The van der Waals surface area contributed by atoms with Gasteiger partial charge in [-0.3, -0.25) is 29.0 Å². The lowest BCUT2D eigenvalue weighted by molar-refractivity contribution is -0.275. The fraction of sp³-hybridized carbons (Fsp3) is 0.302. The number of carboxylic acid groups (broad SMARTS) is 2. The van der Waals surface area contributed by atoms with Crippen LogP contribution < -0.4 is 35.8 Å². The predicted octanol–water partition coefficient (Wildman–Crippen LogP) is 13.4. The number of anilines is 4. The molecule has 6 aromatic carbocycles. The molecule has 0 radical (unpaired) electrons. The number of hydrogen-bond acceptors (Lipinski definition) is 9. The third kappa shape index (κ3) is 19.2. The van der Waals surface area contributed by atoms with Gasteiger partial charge in [-0.05, 0) is 163 Å². The normalized spacial score (nSPS) is 13.2. The van der Waals surface area contributed by atoms with Gasteiger partial charge in [0.25, 0.3) is 11.8 Å². The van der Waals surface area contributed by atoms with Crippen molar-refractivity contribution in [1.29, 1.82) is 0 Å². The van der Waals surface area contributed by atoms with E-state index in [2.05, 4.69) is 44.2 Å². The highest BCUT2D eigenvalue weighted by molar-refractivity contribution is 7.98. The van der Waals surface area contributed by atoms with Crippen molar-refractivity contribution in [2.24, 2.45) is 0 Å². The van der Waals surface area contributed by atoms with Crippen LogP contribution in [0.3, 0.4) is 0 Å². The zero-order chi connectivity index (χ0) is 59.3. The van der Waals surface area contributed by atoms with Gasteiger partial charge in [-0.1, -0.05) is 79.9 Å². The molecule has 6 amide bonds. The van der Waals surface area contributed by atoms with Crippen LogP contribution in [0, 0.1) is 0 Å². The monoisotopic (exact) mass is 1160 g/mol. The topological polar surface area (TPSA) is 227 Å². The fourth-order valence-electron chi connectivity index (χ4n) is 9.62. The summed E-state index contributed by atoms with van der Waals surface area (Å²) in [4.78, 5) is 77.4. The number of halogens is 3. The molecule has 7 N–H and O–H groups in total. The summed E-state index contributed by atoms with van der Waals surface area (Å²) in [5.74, 6) is -2.74. The van der Waals surface area contributed by atoms with Crippen LogP contribution in [0.4, 0.5) is 45.5 Å². The van der Waals surface area contributed by atoms with E-state index in [1.54, 1.807) is 53.1 Å². The van der Waals surface area contributed by atoms with Gasteiger partial charge < -0.3 is 41.3 Å². The molecular formula is C63H67F3N6O10S. The molecular weight excluding hydrogens is 1090 g/mol. The van der Waals surface area contributed by atoms with Crippen LogP contribution in [0.2, 0.25) is 0 Å². The number of aliphatic hydroxyl groups excluding tert-OH is 1.